The summed E-state index contributed by atoms with van der Waals surface area (Å²) in [5.74, 6) is -0.650. The van der Waals surface area contributed by atoms with Crippen LogP contribution in [0.4, 0.5) is 100 Å². The minimum Gasteiger partial charge on any atom is -0.368 e. The predicted octanol–water partition coefficient (Wildman–Crippen LogP) is 12.6. The fourth-order valence-electron chi connectivity index (χ4n) is 16.0. The first kappa shape index (κ1) is 74.4. The third-order valence-corrected chi connectivity index (χ3v) is 23.5. The van der Waals surface area contributed by atoms with E-state index in [0.717, 1.165) is 104 Å². The number of nitrogens with zero attached hydrogens (tertiary/aromatic N) is 16. The second-order valence-electron chi connectivity index (χ2n) is 32.8. The molecular weight excluding hydrogens is 1680 g/mol. The van der Waals surface area contributed by atoms with Crippen molar-refractivity contribution in [2.45, 2.75) is 83.4 Å². The van der Waals surface area contributed by atoms with Gasteiger partial charge in [0.15, 0.2) is 0 Å². The SMILES string of the molecule is CNC(=O)c1cnc(NC(=O)C2CC2)cc1Nc1cccc2c1N(C)C(F)(F)c1cn(C)nc1-2.[2H]C([2H])([2H])n1cc2c(n1)-c1cccc(Nc3cc(NC(=O)C4CC4)ncc3C(=O)NC)c1N(C)C2.[2H]C([2H])([2H])n1cc2c(n1)-c1cccc(Nc3cc(NC(=O)C4CC4)ncc3C(=O)NC)c1N(C)C2C.[2H]C1([2H])c2cn(C([2H])([2H])[2H])nc2-c2cccc(Nc3cc(NC(=O)C4CC4)ncc3C(=O)NC)c2N1C. The van der Waals surface area contributed by atoms with Gasteiger partial charge in [-0.3, -0.25) is 57.1 Å². The van der Waals surface area contributed by atoms with Gasteiger partial charge in [-0.15, -0.1) is 0 Å². The molecule has 0 saturated heterocycles. The van der Waals surface area contributed by atoms with Crippen molar-refractivity contribution in [3.05, 3.63) is 191 Å². The molecule has 4 aliphatic carbocycles. The van der Waals surface area contributed by atoms with Crippen LogP contribution in [-0.4, -0.2) is 163 Å². The quantitative estimate of drug-likeness (QED) is 0.0315. The zero-order chi connectivity index (χ0) is 102. The first-order chi connectivity index (χ1) is 67.3. The summed E-state index contributed by atoms with van der Waals surface area (Å²) in [7, 11) is 14.4. The van der Waals surface area contributed by atoms with Crippen LogP contribution in [0.15, 0.2) is 147 Å². The Bertz CT molecular complexity index is 7090. The standard InChI is InChI=1S/C24H27N7O2.C23H23F2N7O2.2C23H25N7O2/c1-13-17-12-30(3)29-21(17)15-6-5-7-18(22(15)31(13)4)27-19-10-20(28-23(32)14-8-9-14)26-11-16(19)24(33)25-2;1-26-22(34)14-10-27-18(29-21(33)12-7-8-12)9-17(14)28-16-6-4-5-13-19-15(11-31(2)30-19)23(24,25)32(3)20(13)16;2*1-24-23(32)16-10-25-19(27-22(31)13-7-8-13)9-18(16)26-17-6-4-5-15-20-14(12-30(3)28-20)11-29(2)21(15)17/h5-7,10-14H,8-9H2,1-4H3,(H,25,33)(H2,26,27,28,32);4-6,9-12H,7-8H2,1-3H3,(H,26,34)(H2,27,28,29,33);2*4-6,9-10,12-13H,7-8,11H2,1-3H3,(H,24,32)(H2,25,26,27,31)/i3D3;;3D3,11D2;3D3. The van der Waals surface area contributed by atoms with Gasteiger partial charge < -0.3 is 83.4 Å². The molecule has 38 heteroatoms. The minimum atomic E-state index is -3.29. The van der Waals surface area contributed by atoms with Gasteiger partial charge in [0, 0.05) is 246 Å². The Balaban J connectivity index is 0.000000130. The molecule has 8 aliphatic rings. The van der Waals surface area contributed by atoms with Gasteiger partial charge in [0.2, 0.25) is 23.6 Å². The van der Waals surface area contributed by atoms with Gasteiger partial charge in [0.25, 0.3) is 23.6 Å². The van der Waals surface area contributed by atoms with Crippen LogP contribution in [0.5, 0.6) is 0 Å². The van der Waals surface area contributed by atoms with E-state index in [9.17, 15) is 38.4 Å². The molecule has 8 aromatic heterocycles. The van der Waals surface area contributed by atoms with Crippen molar-refractivity contribution in [1.29, 1.82) is 0 Å². The molecular formula is C93H100F2N28O8. The molecule has 20 rings (SSSR count). The molecule has 12 N–H and O–H groups in total. The molecule has 0 spiro atoms. The van der Waals surface area contributed by atoms with Crippen molar-refractivity contribution in [2.24, 2.45) is 51.6 Å². The lowest BCUT2D eigenvalue weighted by Gasteiger charge is -2.36. The predicted molar refractivity (Wildman–Crippen MR) is 497 cm³/mol. The minimum absolute atomic E-state index is 0.0157. The molecule has 4 saturated carbocycles. The van der Waals surface area contributed by atoms with E-state index in [2.05, 4.69) is 104 Å². The number of alkyl halides is 2. The van der Waals surface area contributed by atoms with E-state index in [1.54, 1.807) is 81.1 Å². The van der Waals surface area contributed by atoms with E-state index < -0.39 is 45.3 Å². The number of pyridine rings is 4. The largest absolute Gasteiger partial charge is 0.368 e. The summed E-state index contributed by atoms with van der Waals surface area (Å²) in [5.41, 5.74) is 13.0. The second kappa shape index (κ2) is 35.5. The number of rotatable bonds is 20. The molecule has 12 aromatic rings. The Morgan fingerprint density at radius 2 is 0.725 bits per heavy atom. The third-order valence-electron chi connectivity index (χ3n) is 23.5. The molecule has 1 atom stereocenters. The van der Waals surface area contributed by atoms with Crippen molar-refractivity contribution >= 4 is 139 Å². The van der Waals surface area contributed by atoms with E-state index in [0.29, 0.717) is 103 Å². The normalized spacial score (nSPS) is 17.3. The number of para-hydroxylation sites is 4. The summed E-state index contributed by atoms with van der Waals surface area (Å²) in [6, 6.07) is 24.4. The lowest BCUT2D eigenvalue weighted by atomic mass is 9.94. The summed E-state index contributed by atoms with van der Waals surface area (Å²) >= 11 is 0. The van der Waals surface area contributed by atoms with E-state index >= 15 is 8.78 Å². The first-order valence-electron chi connectivity index (χ1n) is 47.7. The van der Waals surface area contributed by atoms with Gasteiger partial charge in [-0.05, 0) is 82.6 Å². The number of hydrogen-bond acceptors (Lipinski definition) is 24. The van der Waals surface area contributed by atoms with Crippen LogP contribution in [0.25, 0.3) is 45.0 Å². The maximum Gasteiger partial charge on any atom is 0.356 e. The van der Waals surface area contributed by atoms with Crippen LogP contribution < -0.4 is 83.4 Å². The number of halogens is 2. The monoisotopic (exact) mass is 1790 g/mol. The van der Waals surface area contributed by atoms with Crippen LogP contribution in [0.2, 0.25) is 0 Å². The third kappa shape index (κ3) is 17.8. The number of nitrogens with one attached hydrogen (secondary N) is 12. The molecule has 4 aliphatic heterocycles. The lowest BCUT2D eigenvalue weighted by molar-refractivity contribution is -0.118. The smallest absolute Gasteiger partial charge is 0.356 e. The van der Waals surface area contributed by atoms with Crippen molar-refractivity contribution in [3.8, 4) is 45.0 Å². The Kier molecular flexibility index (Phi) is 20.2. The highest BCUT2D eigenvalue weighted by molar-refractivity contribution is 6.08. The Morgan fingerprint density at radius 1 is 0.397 bits per heavy atom. The maximum atomic E-state index is 15.3. The number of aryl methyl sites for hydroxylation is 4. The van der Waals surface area contributed by atoms with Gasteiger partial charge in [-0.1, -0.05) is 48.5 Å². The number of carbonyl (C=O) groups is 8. The molecule has 12 heterocycles. The number of carbonyl (C=O) groups excluding carboxylic acids is 8. The van der Waals surface area contributed by atoms with Crippen molar-refractivity contribution in [2.75, 3.05) is 119 Å². The van der Waals surface area contributed by atoms with Gasteiger partial charge in [-0.2, -0.15) is 29.2 Å². The van der Waals surface area contributed by atoms with Crippen LogP contribution in [-0.2, 0) is 66.2 Å². The zero-order valence-electron chi connectivity index (χ0n) is 83.8. The highest BCUT2D eigenvalue weighted by atomic mass is 19.3. The Hall–Kier alpha value is -15.7. The highest BCUT2D eigenvalue weighted by Gasteiger charge is 2.48. The van der Waals surface area contributed by atoms with E-state index in [4.69, 9.17) is 15.1 Å². The molecule has 4 aromatic carbocycles. The summed E-state index contributed by atoms with van der Waals surface area (Å²) in [6.07, 6.45) is 18.0. The van der Waals surface area contributed by atoms with Crippen molar-refractivity contribution in [1.82, 2.24) is 80.3 Å². The van der Waals surface area contributed by atoms with Crippen molar-refractivity contribution in [3.63, 3.8) is 0 Å². The van der Waals surface area contributed by atoms with Gasteiger partial charge in [-0.25, -0.2) is 19.9 Å². The molecule has 0 radical (unpaired) electrons. The van der Waals surface area contributed by atoms with Crippen LogP contribution in [0.3, 0.4) is 0 Å². The van der Waals surface area contributed by atoms with E-state index in [1.807, 2.05) is 67.2 Å². The summed E-state index contributed by atoms with van der Waals surface area (Å²) in [5, 5.41) is 51.7. The number of hydrogen-bond donors (Lipinski definition) is 12. The number of fused-ring (bicyclic) bond motifs is 12. The fraction of sp³-hybridized carbons (Fsp3) is 0.312. The maximum absolute atomic E-state index is 15.3. The van der Waals surface area contributed by atoms with Crippen LogP contribution in [0, 0.1) is 23.7 Å². The molecule has 674 valence electrons. The Morgan fingerprint density at radius 3 is 1.11 bits per heavy atom. The van der Waals surface area contributed by atoms with Crippen molar-refractivity contribution < 1.29 is 62.2 Å². The van der Waals surface area contributed by atoms with E-state index in [1.165, 1.54) is 88.1 Å². The zero-order valence-corrected chi connectivity index (χ0v) is 72.8. The summed E-state index contributed by atoms with van der Waals surface area (Å²) in [6.45, 7) is -6.94. The number of amides is 8. The first-order valence-corrected chi connectivity index (χ1v) is 42.2. The van der Waals surface area contributed by atoms with Gasteiger partial charge in [0.05, 0.1) is 122 Å². The summed E-state index contributed by atoms with van der Waals surface area (Å²) in [4.78, 5) is 122. The summed E-state index contributed by atoms with van der Waals surface area (Å²) < 4.78 is 122. The molecule has 4 fully saturated rings. The molecule has 8 amide bonds. The van der Waals surface area contributed by atoms with Gasteiger partial charge >= 0.3 is 6.05 Å². The molecule has 1 unspecified atom stereocenters. The molecule has 131 heavy (non-hydrogen) atoms. The second-order valence-corrected chi connectivity index (χ2v) is 32.8. The topological polar surface area (TPSA) is 417 Å². The fourth-order valence-corrected chi connectivity index (χ4v) is 16.0. The highest BCUT2D eigenvalue weighted by Crippen LogP contribution is 2.54. The number of anilines is 16. The number of aromatic nitrogens is 12. The molecule has 0 bridgehead atoms. The van der Waals surface area contributed by atoms with Crippen LogP contribution in [0.1, 0.15) is 143 Å². The van der Waals surface area contributed by atoms with Crippen LogP contribution >= 0.6 is 0 Å². The molecule has 36 nitrogen and oxygen atoms in total. The number of benzene rings is 4. The van der Waals surface area contributed by atoms with Gasteiger partial charge in [0.1, 0.15) is 29.0 Å². The average molecular weight is 1790 g/mol. The lowest BCUT2D eigenvalue weighted by Crippen LogP contribution is -2.39. The average Bonchev–Trinajstić information content (AvgIpc) is 1.66. The Labute approximate surface area is 768 Å². The van der Waals surface area contributed by atoms with E-state index in [-0.39, 0.29) is 116 Å².